The van der Waals surface area contributed by atoms with Gasteiger partial charge in [-0.2, -0.15) is 0 Å². The van der Waals surface area contributed by atoms with E-state index < -0.39 is 10.8 Å². The molecule has 3 rings (SSSR count). The molecule has 3 aromatic carbocycles. The first-order valence-electron chi connectivity index (χ1n) is 12.4. The third-order valence-electron chi connectivity index (χ3n) is 5.87. The Labute approximate surface area is 228 Å². The summed E-state index contributed by atoms with van der Waals surface area (Å²) >= 11 is 2.79. The van der Waals surface area contributed by atoms with Gasteiger partial charge in [0.15, 0.2) is 5.12 Å². The maximum atomic E-state index is 13.2. The van der Waals surface area contributed by atoms with Crippen molar-refractivity contribution < 1.29 is 14.4 Å². The van der Waals surface area contributed by atoms with Gasteiger partial charge in [0, 0.05) is 30.9 Å². The van der Waals surface area contributed by atoms with E-state index in [1.165, 1.54) is 18.7 Å². The molecule has 0 radical (unpaired) electrons. The van der Waals surface area contributed by atoms with Gasteiger partial charge in [-0.3, -0.25) is 14.4 Å². The average molecular weight is 535 g/mol. The fourth-order valence-corrected chi connectivity index (χ4v) is 6.04. The number of carbonyl (C=O) groups is 3. The Balaban J connectivity index is 1.98. The van der Waals surface area contributed by atoms with Gasteiger partial charge in [0.25, 0.3) is 0 Å². The number of carbonyl (C=O) groups excluding carboxylic acids is 3. The standard InChI is InChI=1S/C30H34N2O3S2/c1-22(2)28(34)32-27(29(35)31-19-20-36-23(3)33)21-37-30(24-13-7-4-8-14-24,25-15-9-5-10-16-25)26-17-11-6-12-18-26/h4-18,22,27H,19-21H2,1-3H3,(H,31,35)(H,32,34)/t27-/m0/s1. The van der Waals surface area contributed by atoms with E-state index in [1.54, 1.807) is 11.8 Å². The summed E-state index contributed by atoms with van der Waals surface area (Å²) in [6.07, 6.45) is 0. The fraction of sp³-hybridized carbons (Fsp3) is 0.300. The molecule has 2 N–H and O–H groups in total. The molecule has 0 bridgehead atoms. The summed E-state index contributed by atoms with van der Waals surface area (Å²) in [6.45, 7) is 5.47. The third-order valence-corrected chi connectivity index (χ3v) is 8.33. The third kappa shape index (κ3) is 7.73. The second kappa shape index (κ2) is 14.1. The molecule has 3 aromatic rings. The Morgan fingerprint density at radius 1 is 0.757 bits per heavy atom. The van der Waals surface area contributed by atoms with Gasteiger partial charge >= 0.3 is 0 Å². The molecule has 0 heterocycles. The smallest absolute Gasteiger partial charge is 0.243 e. The van der Waals surface area contributed by atoms with E-state index in [-0.39, 0.29) is 22.8 Å². The van der Waals surface area contributed by atoms with Crippen LogP contribution in [0.15, 0.2) is 91.0 Å². The molecule has 2 amide bonds. The van der Waals surface area contributed by atoms with E-state index in [4.69, 9.17) is 0 Å². The van der Waals surface area contributed by atoms with Crippen molar-refractivity contribution in [3.63, 3.8) is 0 Å². The lowest BCUT2D eigenvalue weighted by Crippen LogP contribution is -2.50. The minimum absolute atomic E-state index is 0.00725. The molecule has 1 atom stereocenters. The summed E-state index contributed by atoms with van der Waals surface area (Å²) < 4.78 is -0.602. The van der Waals surface area contributed by atoms with Gasteiger partial charge in [-0.1, -0.05) is 117 Å². The van der Waals surface area contributed by atoms with Crippen LogP contribution in [0.5, 0.6) is 0 Å². The lowest BCUT2D eigenvalue weighted by atomic mass is 9.84. The highest BCUT2D eigenvalue weighted by Gasteiger charge is 2.38. The molecule has 0 unspecified atom stereocenters. The summed E-state index contributed by atoms with van der Waals surface area (Å²) in [5.74, 6) is 0.150. The van der Waals surface area contributed by atoms with Crippen molar-refractivity contribution in [1.82, 2.24) is 10.6 Å². The molecule has 0 aliphatic rings. The van der Waals surface area contributed by atoms with Crippen LogP contribution in [0.1, 0.15) is 37.5 Å². The van der Waals surface area contributed by atoms with Gasteiger partial charge in [-0.05, 0) is 16.7 Å². The van der Waals surface area contributed by atoms with E-state index in [1.807, 2.05) is 68.4 Å². The first-order chi connectivity index (χ1) is 17.8. The maximum absolute atomic E-state index is 13.2. The molecular weight excluding hydrogens is 500 g/mol. The molecule has 0 spiro atoms. The summed E-state index contributed by atoms with van der Waals surface area (Å²) in [5.41, 5.74) is 3.26. The normalized spacial score (nSPS) is 12.1. The van der Waals surface area contributed by atoms with Gasteiger partial charge in [-0.15, -0.1) is 11.8 Å². The van der Waals surface area contributed by atoms with E-state index in [9.17, 15) is 14.4 Å². The Kier molecular flexibility index (Phi) is 10.8. The monoisotopic (exact) mass is 534 g/mol. The second-order valence-electron chi connectivity index (χ2n) is 8.94. The van der Waals surface area contributed by atoms with Crippen LogP contribution in [-0.2, 0) is 19.1 Å². The SMILES string of the molecule is CC(=O)SCCNC(=O)[C@H](CSC(c1ccccc1)(c1ccccc1)c1ccccc1)NC(=O)C(C)C. The van der Waals surface area contributed by atoms with Crippen LogP contribution in [0.2, 0.25) is 0 Å². The van der Waals surface area contributed by atoms with Gasteiger partial charge < -0.3 is 10.6 Å². The first-order valence-corrected chi connectivity index (χ1v) is 14.3. The van der Waals surface area contributed by atoms with Crippen LogP contribution < -0.4 is 10.6 Å². The molecule has 0 saturated heterocycles. The predicted molar refractivity (Wildman–Crippen MR) is 155 cm³/mol. The highest BCUT2D eigenvalue weighted by atomic mass is 32.2. The molecule has 194 valence electrons. The zero-order chi connectivity index (χ0) is 26.7. The molecule has 0 aliphatic heterocycles. The Morgan fingerprint density at radius 2 is 1.22 bits per heavy atom. The number of thioether (sulfide) groups is 2. The summed E-state index contributed by atoms with van der Waals surface area (Å²) in [6, 6.07) is 30.0. The Morgan fingerprint density at radius 3 is 1.62 bits per heavy atom. The Bertz CT molecular complexity index is 1060. The lowest BCUT2D eigenvalue weighted by Gasteiger charge is -2.36. The Hall–Kier alpha value is -3.03. The number of rotatable bonds is 12. The van der Waals surface area contributed by atoms with Crippen molar-refractivity contribution >= 4 is 40.5 Å². The zero-order valence-electron chi connectivity index (χ0n) is 21.5. The van der Waals surface area contributed by atoms with Crippen LogP contribution in [0, 0.1) is 5.92 Å². The molecule has 0 fully saturated rings. The van der Waals surface area contributed by atoms with Crippen molar-refractivity contribution in [2.45, 2.75) is 31.6 Å². The maximum Gasteiger partial charge on any atom is 0.243 e. The topological polar surface area (TPSA) is 75.3 Å². The zero-order valence-corrected chi connectivity index (χ0v) is 23.1. The number of hydrogen-bond acceptors (Lipinski definition) is 5. The van der Waals surface area contributed by atoms with Crippen LogP contribution in [0.25, 0.3) is 0 Å². The van der Waals surface area contributed by atoms with Crippen LogP contribution in [-0.4, -0.2) is 41.0 Å². The molecule has 7 heteroatoms. The number of amides is 2. The van der Waals surface area contributed by atoms with E-state index in [0.717, 1.165) is 16.7 Å². The average Bonchev–Trinajstić information content (AvgIpc) is 2.92. The van der Waals surface area contributed by atoms with Gasteiger partial charge in [0.2, 0.25) is 11.8 Å². The van der Waals surface area contributed by atoms with Crippen LogP contribution in [0.3, 0.4) is 0 Å². The van der Waals surface area contributed by atoms with Gasteiger partial charge in [0.1, 0.15) is 6.04 Å². The molecular formula is C30H34N2O3S2. The quantitative estimate of drug-likeness (QED) is 0.245. The summed E-state index contributed by atoms with van der Waals surface area (Å²) in [4.78, 5) is 37.2. The van der Waals surface area contributed by atoms with Crippen molar-refractivity contribution in [1.29, 1.82) is 0 Å². The van der Waals surface area contributed by atoms with E-state index in [0.29, 0.717) is 18.1 Å². The number of benzene rings is 3. The molecule has 37 heavy (non-hydrogen) atoms. The van der Waals surface area contributed by atoms with E-state index >= 15 is 0 Å². The molecule has 0 saturated carbocycles. The number of nitrogens with one attached hydrogen (secondary N) is 2. The highest BCUT2D eigenvalue weighted by Crippen LogP contribution is 2.48. The van der Waals surface area contributed by atoms with Crippen molar-refractivity contribution in [3.8, 4) is 0 Å². The minimum Gasteiger partial charge on any atom is -0.353 e. The predicted octanol–water partition coefficient (Wildman–Crippen LogP) is 5.25. The van der Waals surface area contributed by atoms with Crippen molar-refractivity contribution in [2.75, 3.05) is 18.1 Å². The fourth-order valence-electron chi connectivity index (χ4n) is 3.99. The molecule has 0 aliphatic carbocycles. The lowest BCUT2D eigenvalue weighted by molar-refractivity contribution is -0.130. The highest BCUT2D eigenvalue weighted by molar-refractivity contribution is 8.13. The van der Waals surface area contributed by atoms with Crippen LogP contribution >= 0.6 is 23.5 Å². The van der Waals surface area contributed by atoms with Crippen molar-refractivity contribution in [3.05, 3.63) is 108 Å². The van der Waals surface area contributed by atoms with Gasteiger partial charge in [-0.25, -0.2) is 0 Å². The first kappa shape index (κ1) is 28.5. The van der Waals surface area contributed by atoms with Crippen LogP contribution in [0.4, 0.5) is 0 Å². The minimum atomic E-state index is -0.738. The summed E-state index contributed by atoms with van der Waals surface area (Å²) in [5, 5.41) is 5.85. The van der Waals surface area contributed by atoms with Crippen molar-refractivity contribution in [2.24, 2.45) is 5.92 Å². The molecule has 0 aromatic heterocycles. The molecule has 5 nitrogen and oxygen atoms in total. The summed E-state index contributed by atoms with van der Waals surface area (Å²) in [7, 11) is 0. The second-order valence-corrected chi connectivity index (χ2v) is 11.4. The largest absolute Gasteiger partial charge is 0.353 e. The van der Waals surface area contributed by atoms with E-state index in [2.05, 4.69) is 47.0 Å². The van der Waals surface area contributed by atoms with Gasteiger partial charge in [0.05, 0.1) is 4.75 Å². The number of hydrogen-bond donors (Lipinski definition) is 2.